The number of rotatable bonds is 5. The highest BCUT2D eigenvalue weighted by molar-refractivity contribution is 5.77. The minimum absolute atomic E-state index is 0.00176. The molecule has 17 heavy (non-hydrogen) atoms. The molecule has 0 aliphatic heterocycles. The Balaban J connectivity index is 2.52. The fourth-order valence-electron chi connectivity index (χ4n) is 1.39. The Morgan fingerprint density at radius 2 is 2.12 bits per heavy atom. The van der Waals surface area contributed by atoms with Crippen LogP contribution in [0.3, 0.4) is 0 Å². The molecule has 3 heteroatoms. The molecule has 0 aromatic heterocycles. The zero-order valence-electron chi connectivity index (χ0n) is 11.1. The molecule has 0 radical (unpaired) electrons. The maximum atomic E-state index is 11.7. The number of aryl methyl sites for hydroxylation is 1. The van der Waals surface area contributed by atoms with Crippen LogP contribution < -0.4 is 4.74 Å². The van der Waals surface area contributed by atoms with Gasteiger partial charge in [0.2, 0.25) is 0 Å². The Morgan fingerprint density at radius 1 is 1.41 bits per heavy atom. The predicted octanol–water partition coefficient (Wildman–Crippen LogP) is 2.49. The van der Waals surface area contributed by atoms with Crippen molar-refractivity contribution < 1.29 is 9.53 Å². The zero-order valence-corrected chi connectivity index (χ0v) is 11.1. The van der Waals surface area contributed by atoms with Crippen molar-refractivity contribution in [2.24, 2.45) is 0 Å². The lowest BCUT2D eigenvalue weighted by Crippen LogP contribution is -2.36. The summed E-state index contributed by atoms with van der Waals surface area (Å²) in [6.07, 6.45) is 0.969. The van der Waals surface area contributed by atoms with Crippen LogP contribution in [0.2, 0.25) is 0 Å². The van der Waals surface area contributed by atoms with E-state index >= 15 is 0 Å². The molecule has 0 fully saturated rings. The normalized spacial score (nSPS) is 10.4. The first-order valence-electron chi connectivity index (χ1n) is 6.02. The Bertz CT molecular complexity index is 374. The van der Waals surface area contributed by atoms with Crippen molar-refractivity contribution in [1.29, 1.82) is 0 Å². The Morgan fingerprint density at radius 3 is 2.71 bits per heavy atom. The number of carbonyl (C=O) groups excluding carboxylic acids is 1. The van der Waals surface area contributed by atoms with E-state index in [9.17, 15) is 4.79 Å². The zero-order chi connectivity index (χ0) is 12.8. The second-order valence-corrected chi connectivity index (χ2v) is 4.39. The Hall–Kier alpha value is -1.51. The first-order chi connectivity index (χ1) is 8.04. The van der Waals surface area contributed by atoms with Crippen LogP contribution in [0.5, 0.6) is 5.75 Å². The first kappa shape index (κ1) is 13.6. The molecule has 0 aliphatic carbocycles. The van der Waals surface area contributed by atoms with Gasteiger partial charge in [-0.05, 0) is 38.0 Å². The van der Waals surface area contributed by atoms with Crippen molar-refractivity contribution in [3.8, 4) is 5.75 Å². The lowest BCUT2D eigenvalue weighted by atomic mass is 10.2. The molecule has 1 aromatic rings. The van der Waals surface area contributed by atoms with Gasteiger partial charge in [0.25, 0.3) is 5.91 Å². The molecule has 0 spiro atoms. The molecule has 0 atom stereocenters. The second kappa shape index (κ2) is 6.28. The molecule has 0 heterocycles. The van der Waals surface area contributed by atoms with Gasteiger partial charge >= 0.3 is 0 Å². The third kappa shape index (κ3) is 4.10. The smallest absolute Gasteiger partial charge is 0.260 e. The molecule has 94 valence electrons. The van der Waals surface area contributed by atoms with Gasteiger partial charge in [-0.1, -0.05) is 19.1 Å². The van der Waals surface area contributed by atoms with Crippen LogP contribution in [0.4, 0.5) is 0 Å². The van der Waals surface area contributed by atoms with Gasteiger partial charge in [-0.2, -0.15) is 0 Å². The number of carbonyl (C=O) groups is 1. The molecule has 1 rings (SSSR count). The summed E-state index contributed by atoms with van der Waals surface area (Å²) in [7, 11) is 1.79. The molecule has 0 unspecified atom stereocenters. The van der Waals surface area contributed by atoms with Crippen molar-refractivity contribution in [3.63, 3.8) is 0 Å². The van der Waals surface area contributed by atoms with E-state index in [0.29, 0.717) is 0 Å². The number of nitrogens with zero attached hydrogens (tertiary/aromatic N) is 1. The van der Waals surface area contributed by atoms with Gasteiger partial charge in [-0.15, -0.1) is 0 Å². The van der Waals surface area contributed by atoms with Crippen LogP contribution >= 0.6 is 0 Å². The minimum atomic E-state index is 0.00176. The topological polar surface area (TPSA) is 29.5 Å². The lowest BCUT2D eigenvalue weighted by Gasteiger charge is -2.21. The van der Waals surface area contributed by atoms with E-state index in [1.807, 2.05) is 32.0 Å². The molecular weight excluding hydrogens is 214 g/mol. The Labute approximate surface area is 103 Å². The maximum absolute atomic E-state index is 11.7. The van der Waals surface area contributed by atoms with Crippen LogP contribution in [-0.4, -0.2) is 30.5 Å². The van der Waals surface area contributed by atoms with Crippen LogP contribution in [0.25, 0.3) is 0 Å². The average Bonchev–Trinajstić information content (AvgIpc) is 2.35. The maximum Gasteiger partial charge on any atom is 0.260 e. The molecule has 0 saturated heterocycles. The standard InChI is InChI=1S/C14H21NO2/c1-5-12-7-6-8-13(9-12)17-10-14(16)15(4)11(2)3/h6-9,11H,5,10H2,1-4H3. The molecule has 0 aliphatic rings. The summed E-state index contributed by atoms with van der Waals surface area (Å²) in [6, 6.07) is 8.05. The molecule has 1 amide bonds. The SMILES string of the molecule is CCc1cccc(OCC(=O)N(C)C(C)C)c1. The summed E-state index contributed by atoms with van der Waals surface area (Å²) >= 11 is 0. The van der Waals surface area contributed by atoms with E-state index in [1.165, 1.54) is 5.56 Å². The quantitative estimate of drug-likeness (QED) is 0.784. The highest BCUT2D eigenvalue weighted by Gasteiger charge is 2.12. The van der Waals surface area contributed by atoms with E-state index in [0.717, 1.165) is 12.2 Å². The van der Waals surface area contributed by atoms with Crippen molar-refractivity contribution in [3.05, 3.63) is 29.8 Å². The van der Waals surface area contributed by atoms with Gasteiger partial charge < -0.3 is 9.64 Å². The summed E-state index contributed by atoms with van der Waals surface area (Å²) in [5, 5.41) is 0. The molecular formula is C14H21NO2. The van der Waals surface area contributed by atoms with E-state index in [4.69, 9.17) is 4.74 Å². The van der Waals surface area contributed by atoms with Gasteiger partial charge in [0.05, 0.1) is 0 Å². The summed E-state index contributed by atoms with van der Waals surface area (Å²) in [4.78, 5) is 13.4. The number of likely N-dealkylation sites (N-methyl/N-ethyl adjacent to an activating group) is 1. The number of benzene rings is 1. The molecule has 0 saturated carbocycles. The highest BCUT2D eigenvalue weighted by atomic mass is 16.5. The van der Waals surface area contributed by atoms with Gasteiger partial charge in [0.15, 0.2) is 6.61 Å². The van der Waals surface area contributed by atoms with E-state index < -0.39 is 0 Å². The summed E-state index contributed by atoms with van der Waals surface area (Å²) in [5.41, 5.74) is 1.21. The number of hydrogen-bond donors (Lipinski definition) is 0. The predicted molar refractivity (Wildman–Crippen MR) is 69.2 cm³/mol. The third-order valence-electron chi connectivity index (χ3n) is 2.84. The van der Waals surface area contributed by atoms with Crippen LogP contribution in [0.1, 0.15) is 26.3 Å². The van der Waals surface area contributed by atoms with E-state index in [1.54, 1.807) is 11.9 Å². The molecule has 3 nitrogen and oxygen atoms in total. The minimum Gasteiger partial charge on any atom is -0.484 e. The van der Waals surface area contributed by atoms with E-state index in [2.05, 4.69) is 13.0 Å². The lowest BCUT2D eigenvalue weighted by molar-refractivity contribution is -0.133. The monoisotopic (exact) mass is 235 g/mol. The fourth-order valence-corrected chi connectivity index (χ4v) is 1.39. The average molecular weight is 235 g/mol. The van der Waals surface area contributed by atoms with Crippen LogP contribution in [-0.2, 0) is 11.2 Å². The van der Waals surface area contributed by atoms with E-state index in [-0.39, 0.29) is 18.6 Å². The van der Waals surface area contributed by atoms with Crippen molar-refractivity contribution in [2.45, 2.75) is 33.2 Å². The fraction of sp³-hybridized carbons (Fsp3) is 0.500. The largest absolute Gasteiger partial charge is 0.484 e. The summed E-state index contributed by atoms with van der Waals surface area (Å²) in [6.45, 7) is 6.16. The van der Waals surface area contributed by atoms with Crippen LogP contribution in [0, 0.1) is 0 Å². The van der Waals surface area contributed by atoms with Crippen LogP contribution in [0.15, 0.2) is 24.3 Å². The van der Waals surface area contributed by atoms with Crippen molar-refractivity contribution in [2.75, 3.05) is 13.7 Å². The number of ether oxygens (including phenoxy) is 1. The Kier molecular flexibility index (Phi) is 5.01. The molecule has 1 aromatic carbocycles. The van der Waals surface area contributed by atoms with Crippen molar-refractivity contribution >= 4 is 5.91 Å². The summed E-state index contributed by atoms with van der Waals surface area (Å²) < 4.78 is 5.49. The number of hydrogen-bond acceptors (Lipinski definition) is 2. The highest BCUT2D eigenvalue weighted by Crippen LogP contribution is 2.13. The third-order valence-corrected chi connectivity index (χ3v) is 2.84. The van der Waals surface area contributed by atoms with Crippen molar-refractivity contribution in [1.82, 2.24) is 4.90 Å². The molecule has 0 N–H and O–H groups in total. The van der Waals surface area contributed by atoms with Gasteiger partial charge in [-0.25, -0.2) is 0 Å². The van der Waals surface area contributed by atoms with Gasteiger partial charge in [0, 0.05) is 13.1 Å². The first-order valence-corrected chi connectivity index (χ1v) is 6.02. The van der Waals surface area contributed by atoms with Gasteiger partial charge in [-0.3, -0.25) is 4.79 Å². The number of amides is 1. The second-order valence-electron chi connectivity index (χ2n) is 4.39. The summed E-state index contributed by atoms with van der Waals surface area (Å²) in [5.74, 6) is 0.761. The van der Waals surface area contributed by atoms with Gasteiger partial charge in [0.1, 0.15) is 5.75 Å². The molecule has 0 bridgehead atoms.